The second-order valence-electron chi connectivity index (χ2n) is 8.78. The van der Waals surface area contributed by atoms with Crippen LogP contribution in [0.4, 0.5) is 0 Å². The molecule has 0 atom stereocenters. The van der Waals surface area contributed by atoms with E-state index in [-0.39, 0.29) is 11.8 Å². The van der Waals surface area contributed by atoms with Gasteiger partial charge in [-0.15, -0.1) is 0 Å². The molecule has 0 saturated heterocycles. The molecule has 3 aromatic rings. The lowest BCUT2D eigenvalue weighted by Crippen LogP contribution is -2.33. The standard InChI is InChI=1S/C26H27BrN2O4/c1-32-33-16-17-11-12-21-22(15-17)28(24(27)23(21)18-7-3-2-4-8-18)13-14-29-25(30)19-9-5-6-10-20(19)26(29)31/h5-6,9-12,15,18H,2-4,7-8,13-14,16H2,1H3. The lowest BCUT2D eigenvalue weighted by molar-refractivity contribution is -0.282. The highest BCUT2D eigenvalue weighted by molar-refractivity contribution is 9.10. The summed E-state index contributed by atoms with van der Waals surface area (Å²) in [7, 11) is 1.50. The molecule has 5 rings (SSSR count). The highest BCUT2D eigenvalue weighted by Gasteiger charge is 2.35. The zero-order valence-electron chi connectivity index (χ0n) is 18.7. The minimum absolute atomic E-state index is 0.218. The Morgan fingerprint density at radius 3 is 2.33 bits per heavy atom. The number of fused-ring (bicyclic) bond motifs is 2. The number of halogens is 1. The largest absolute Gasteiger partial charge is 0.333 e. The molecule has 2 aromatic carbocycles. The molecule has 1 aliphatic heterocycles. The molecule has 1 aromatic heterocycles. The number of imide groups is 1. The van der Waals surface area contributed by atoms with Crippen LogP contribution in [-0.2, 0) is 22.9 Å². The molecule has 0 bridgehead atoms. The fraction of sp³-hybridized carbons (Fsp3) is 0.385. The van der Waals surface area contributed by atoms with Crippen molar-refractivity contribution in [3.63, 3.8) is 0 Å². The molecule has 2 aliphatic rings. The van der Waals surface area contributed by atoms with Gasteiger partial charge < -0.3 is 4.57 Å². The number of carbonyl (C=O) groups is 2. The van der Waals surface area contributed by atoms with Crippen molar-refractivity contribution in [2.75, 3.05) is 13.7 Å². The minimum atomic E-state index is -0.218. The van der Waals surface area contributed by atoms with Crippen molar-refractivity contribution < 1.29 is 19.4 Å². The fourth-order valence-corrected chi connectivity index (χ4v) is 6.15. The molecular formula is C26H27BrN2O4. The second kappa shape index (κ2) is 9.41. The van der Waals surface area contributed by atoms with E-state index >= 15 is 0 Å². The molecule has 2 amide bonds. The topological polar surface area (TPSA) is 60.8 Å². The third-order valence-corrected chi connectivity index (χ3v) is 7.74. The van der Waals surface area contributed by atoms with E-state index in [1.54, 1.807) is 24.3 Å². The molecule has 0 unspecified atom stereocenters. The van der Waals surface area contributed by atoms with E-state index in [9.17, 15) is 9.59 Å². The zero-order chi connectivity index (χ0) is 22.9. The summed E-state index contributed by atoms with van der Waals surface area (Å²) in [4.78, 5) is 37.0. The Kier molecular flexibility index (Phi) is 6.36. The number of amides is 2. The Hall–Kier alpha value is -2.48. The van der Waals surface area contributed by atoms with Gasteiger partial charge in [0.05, 0.1) is 22.8 Å². The van der Waals surface area contributed by atoms with Crippen molar-refractivity contribution in [1.82, 2.24) is 9.47 Å². The van der Waals surface area contributed by atoms with Crippen LogP contribution in [0, 0.1) is 0 Å². The van der Waals surface area contributed by atoms with E-state index in [4.69, 9.17) is 9.78 Å². The number of rotatable bonds is 7. The predicted octanol–water partition coefficient (Wildman–Crippen LogP) is 5.83. The third-order valence-electron chi connectivity index (χ3n) is 6.88. The maximum atomic E-state index is 12.9. The van der Waals surface area contributed by atoms with Crippen LogP contribution in [0.3, 0.4) is 0 Å². The van der Waals surface area contributed by atoms with Gasteiger partial charge in [0.1, 0.15) is 6.61 Å². The number of hydrogen-bond donors (Lipinski definition) is 0. The average molecular weight is 511 g/mol. The van der Waals surface area contributed by atoms with Gasteiger partial charge >= 0.3 is 0 Å². The molecule has 0 spiro atoms. The van der Waals surface area contributed by atoms with Gasteiger partial charge in [-0.2, -0.15) is 0 Å². The maximum Gasteiger partial charge on any atom is 0.261 e. The van der Waals surface area contributed by atoms with Gasteiger partial charge in [-0.3, -0.25) is 14.5 Å². The fourth-order valence-electron chi connectivity index (χ4n) is 5.25. The number of carbonyl (C=O) groups excluding carboxylic acids is 2. The second-order valence-corrected chi connectivity index (χ2v) is 9.53. The summed E-state index contributed by atoms with van der Waals surface area (Å²) >= 11 is 3.89. The Morgan fingerprint density at radius 2 is 1.67 bits per heavy atom. The van der Waals surface area contributed by atoms with Crippen molar-refractivity contribution in [3.05, 3.63) is 69.3 Å². The summed E-state index contributed by atoms with van der Waals surface area (Å²) < 4.78 is 3.24. The molecule has 1 fully saturated rings. The van der Waals surface area contributed by atoms with E-state index in [0.717, 1.165) is 15.7 Å². The van der Waals surface area contributed by atoms with E-state index in [1.807, 2.05) is 0 Å². The normalized spacial score (nSPS) is 16.7. The van der Waals surface area contributed by atoms with Gasteiger partial charge in [0, 0.05) is 24.0 Å². The van der Waals surface area contributed by atoms with Crippen molar-refractivity contribution >= 4 is 38.6 Å². The van der Waals surface area contributed by atoms with Gasteiger partial charge in [-0.1, -0.05) is 43.5 Å². The van der Waals surface area contributed by atoms with Crippen molar-refractivity contribution in [1.29, 1.82) is 0 Å². The third kappa shape index (κ3) is 4.03. The highest BCUT2D eigenvalue weighted by atomic mass is 79.9. The molecule has 0 N–H and O–H groups in total. The first-order valence-electron chi connectivity index (χ1n) is 11.5. The summed E-state index contributed by atoms with van der Waals surface area (Å²) in [5.74, 6) is 0.0759. The van der Waals surface area contributed by atoms with Crippen molar-refractivity contribution in [2.24, 2.45) is 0 Å². The van der Waals surface area contributed by atoms with Gasteiger partial charge in [-0.05, 0) is 64.0 Å². The zero-order valence-corrected chi connectivity index (χ0v) is 20.3. The van der Waals surface area contributed by atoms with Crippen LogP contribution >= 0.6 is 15.9 Å². The molecule has 0 radical (unpaired) electrons. The van der Waals surface area contributed by atoms with Crippen LogP contribution in [0.1, 0.15) is 69.9 Å². The Labute approximate surface area is 201 Å². The molecular weight excluding hydrogens is 484 g/mol. The molecule has 1 saturated carbocycles. The van der Waals surface area contributed by atoms with Crippen LogP contribution in [0.5, 0.6) is 0 Å². The first kappa shape index (κ1) is 22.3. The van der Waals surface area contributed by atoms with Gasteiger partial charge in [0.2, 0.25) is 0 Å². The summed E-state index contributed by atoms with van der Waals surface area (Å²) in [6.45, 7) is 1.19. The summed E-state index contributed by atoms with van der Waals surface area (Å²) in [5, 5.41) is 1.22. The van der Waals surface area contributed by atoms with E-state index < -0.39 is 0 Å². The van der Waals surface area contributed by atoms with Gasteiger partial charge in [-0.25, -0.2) is 9.78 Å². The van der Waals surface area contributed by atoms with Crippen LogP contribution in [0.2, 0.25) is 0 Å². The van der Waals surface area contributed by atoms with E-state index in [2.05, 4.69) is 38.7 Å². The smallest absolute Gasteiger partial charge is 0.261 e. The van der Waals surface area contributed by atoms with Crippen LogP contribution in [0.25, 0.3) is 10.9 Å². The Bertz CT molecular complexity index is 1180. The first-order chi connectivity index (χ1) is 16.1. The molecule has 2 heterocycles. The average Bonchev–Trinajstić information content (AvgIpc) is 3.26. The summed E-state index contributed by atoms with van der Waals surface area (Å²) in [6, 6.07) is 13.4. The number of nitrogens with zero attached hydrogens (tertiary/aromatic N) is 2. The number of aromatic nitrogens is 1. The van der Waals surface area contributed by atoms with E-state index in [1.165, 1.54) is 55.1 Å². The molecule has 33 heavy (non-hydrogen) atoms. The highest BCUT2D eigenvalue weighted by Crippen LogP contribution is 2.42. The molecule has 6 nitrogen and oxygen atoms in total. The first-order valence-corrected chi connectivity index (χ1v) is 12.3. The summed E-state index contributed by atoms with van der Waals surface area (Å²) in [5.41, 5.74) is 4.40. The predicted molar refractivity (Wildman–Crippen MR) is 129 cm³/mol. The van der Waals surface area contributed by atoms with Crippen LogP contribution < -0.4 is 0 Å². The van der Waals surface area contributed by atoms with E-state index in [0.29, 0.717) is 36.7 Å². The molecule has 172 valence electrons. The Balaban J connectivity index is 1.49. The SMILES string of the molecule is COOCc1ccc2c(C3CCCCC3)c(Br)n(CCN3C(=O)c4ccccc4C3=O)c2c1. The monoisotopic (exact) mass is 510 g/mol. The van der Waals surface area contributed by atoms with Crippen molar-refractivity contribution in [2.45, 2.75) is 51.2 Å². The maximum absolute atomic E-state index is 12.9. The number of benzene rings is 2. The minimum Gasteiger partial charge on any atom is -0.333 e. The molecule has 1 aliphatic carbocycles. The van der Waals surface area contributed by atoms with Crippen LogP contribution in [-0.4, -0.2) is 34.9 Å². The van der Waals surface area contributed by atoms with Gasteiger partial charge in [0.15, 0.2) is 0 Å². The number of hydrogen-bond acceptors (Lipinski definition) is 4. The van der Waals surface area contributed by atoms with Crippen LogP contribution in [0.15, 0.2) is 47.1 Å². The van der Waals surface area contributed by atoms with Crippen molar-refractivity contribution in [3.8, 4) is 0 Å². The molecule has 7 heteroatoms. The van der Waals surface area contributed by atoms with Gasteiger partial charge in [0.25, 0.3) is 11.8 Å². The lowest BCUT2D eigenvalue weighted by Gasteiger charge is -2.22. The quantitative estimate of drug-likeness (QED) is 0.228. The lowest BCUT2D eigenvalue weighted by atomic mass is 9.84. The Morgan fingerprint density at radius 1 is 0.970 bits per heavy atom. The summed E-state index contributed by atoms with van der Waals surface area (Å²) in [6.07, 6.45) is 6.16.